The molecule has 1 atom stereocenters. The fourth-order valence-electron chi connectivity index (χ4n) is 1.83. The van der Waals surface area contributed by atoms with Gasteiger partial charge in [0.1, 0.15) is 5.82 Å². The third kappa shape index (κ3) is 3.71. The summed E-state index contributed by atoms with van der Waals surface area (Å²) in [5.74, 6) is 0.944. The minimum atomic E-state index is 0.303. The zero-order chi connectivity index (χ0) is 13.5. The Morgan fingerprint density at radius 2 is 2.17 bits per heavy atom. The molecule has 0 aromatic carbocycles. The van der Waals surface area contributed by atoms with Crippen LogP contribution in [0.4, 0.5) is 5.82 Å². The maximum atomic E-state index is 8.72. The van der Waals surface area contributed by atoms with Gasteiger partial charge in [0.25, 0.3) is 0 Å². The Morgan fingerprint density at radius 3 is 2.72 bits per heavy atom. The molecule has 1 aromatic rings. The SMILES string of the molecule is CNC(C)c1ccnc(N(CCC#N)C(C)C)c1. The first kappa shape index (κ1) is 14.5. The molecule has 4 nitrogen and oxygen atoms in total. The summed E-state index contributed by atoms with van der Waals surface area (Å²) in [5.41, 5.74) is 1.21. The molecule has 0 bridgehead atoms. The molecule has 0 saturated heterocycles. The van der Waals surface area contributed by atoms with Gasteiger partial charge in [-0.25, -0.2) is 4.98 Å². The largest absolute Gasteiger partial charge is 0.353 e. The van der Waals surface area contributed by atoms with Crippen LogP contribution < -0.4 is 10.2 Å². The first-order valence-corrected chi connectivity index (χ1v) is 6.37. The second-order valence-corrected chi connectivity index (χ2v) is 4.65. The normalized spacial score (nSPS) is 12.2. The highest BCUT2D eigenvalue weighted by molar-refractivity contribution is 5.42. The first-order chi connectivity index (χ1) is 8.60. The average Bonchev–Trinajstić information content (AvgIpc) is 2.38. The predicted octanol–water partition coefficient (Wildman–Crippen LogP) is 2.49. The molecule has 0 saturated carbocycles. The number of hydrogen-bond donors (Lipinski definition) is 1. The van der Waals surface area contributed by atoms with Crippen LogP contribution in [0.5, 0.6) is 0 Å². The van der Waals surface area contributed by atoms with E-state index in [1.807, 2.05) is 19.3 Å². The number of anilines is 1. The van der Waals surface area contributed by atoms with Crippen molar-refractivity contribution in [3.8, 4) is 6.07 Å². The number of nitrogens with zero attached hydrogens (tertiary/aromatic N) is 3. The summed E-state index contributed by atoms with van der Waals surface area (Å²) in [5, 5.41) is 11.9. The van der Waals surface area contributed by atoms with E-state index >= 15 is 0 Å². The van der Waals surface area contributed by atoms with E-state index < -0.39 is 0 Å². The third-order valence-corrected chi connectivity index (χ3v) is 3.08. The van der Waals surface area contributed by atoms with Crippen LogP contribution in [0.3, 0.4) is 0 Å². The Bertz CT molecular complexity index is 409. The van der Waals surface area contributed by atoms with Gasteiger partial charge in [0, 0.05) is 24.8 Å². The van der Waals surface area contributed by atoms with E-state index in [4.69, 9.17) is 5.26 Å². The molecule has 0 radical (unpaired) electrons. The summed E-state index contributed by atoms with van der Waals surface area (Å²) in [6.07, 6.45) is 2.35. The Hall–Kier alpha value is -1.60. The van der Waals surface area contributed by atoms with Gasteiger partial charge in [-0.2, -0.15) is 5.26 Å². The molecule has 98 valence electrons. The minimum absolute atomic E-state index is 0.303. The number of pyridine rings is 1. The van der Waals surface area contributed by atoms with Crippen LogP contribution >= 0.6 is 0 Å². The van der Waals surface area contributed by atoms with Gasteiger partial charge in [-0.05, 0) is 45.5 Å². The fourth-order valence-corrected chi connectivity index (χ4v) is 1.83. The van der Waals surface area contributed by atoms with Crippen molar-refractivity contribution in [2.75, 3.05) is 18.5 Å². The van der Waals surface area contributed by atoms with Crippen molar-refractivity contribution in [3.05, 3.63) is 23.9 Å². The second kappa shape index (κ2) is 6.97. The van der Waals surface area contributed by atoms with Gasteiger partial charge in [-0.15, -0.1) is 0 Å². The van der Waals surface area contributed by atoms with Crippen molar-refractivity contribution in [1.82, 2.24) is 10.3 Å². The molecule has 18 heavy (non-hydrogen) atoms. The minimum Gasteiger partial charge on any atom is -0.353 e. The summed E-state index contributed by atoms with van der Waals surface area (Å²) in [4.78, 5) is 6.58. The standard InChI is InChI=1S/C14H22N4/c1-11(2)18(9-5-7-15)14-10-13(6-8-17-14)12(3)16-4/h6,8,10-12,16H,5,9H2,1-4H3. The van der Waals surface area contributed by atoms with E-state index in [1.165, 1.54) is 5.56 Å². The van der Waals surface area contributed by atoms with Crippen LogP contribution in [0.15, 0.2) is 18.3 Å². The molecule has 4 heteroatoms. The van der Waals surface area contributed by atoms with E-state index in [0.29, 0.717) is 18.5 Å². The lowest BCUT2D eigenvalue weighted by Crippen LogP contribution is -2.32. The number of nitrogens with one attached hydrogen (secondary N) is 1. The van der Waals surface area contributed by atoms with Gasteiger partial charge >= 0.3 is 0 Å². The highest BCUT2D eigenvalue weighted by Crippen LogP contribution is 2.19. The molecular weight excluding hydrogens is 224 g/mol. The zero-order valence-electron chi connectivity index (χ0n) is 11.6. The molecule has 0 aliphatic heterocycles. The second-order valence-electron chi connectivity index (χ2n) is 4.65. The molecule has 1 N–H and O–H groups in total. The monoisotopic (exact) mass is 246 g/mol. The Balaban J connectivity index is 2.94. The maximum Gasteiger partial charge on any atom is 0.129 e. The van der Waals surface area contributed by atoms with Crippen LogP contribution in [-0.2, 0) is 0 Å². The van der Waals surface area contributed by atoms with Crippen molar-refractivity contribution in [2.45, 2.75) is 39.3 Å². The van der Waals surface area contributed by atoms with E-state index in [0.717, 1.165) is 12.4 Å². The molecule has 0 aliphatic carbocycles. The van der Waals surface area contributed by atoms with E-state index in [-0.39, 0.29) is 0 Å². The van der Waals surface area contributed by atoms with Gasteiger partial charge in [-0.1, -0.05) is 0 Å². The van der Waals surface area contributed by atoms with Crippen LogP contribution in [0.25, 0.3) is 0 Å². The van der Waals surface area contributed by atoms with E-state index in [1.54, 1.807) is 0 Å². The van der Waals surface area contributed by atoms with Gasteiger partial charge in [-0.3, -0.25) is 0 Å². The molecule has 0 amide bonds. The first-order valence-electron chi connectivity index (χ1n) is 6.37. The predicted molar refractivity (Wildman–Crippen MR) is 74.4 cm³/mol. The number of rotatable bonds is 6. The number of nitriles is 1. The van der Waals surface area contributed by atoms with Crippen LogP contribution in [-0.4, -0.2) is 24.6 Å². The highest BCUT2D eigenvalue weighted by atomic mass is 15.2. The van der Waals surface area contributed by atoms with Gasteiger partial charge in [0.2, 0.25) is 0 Å². The molecular formula is C14H22N4. The molecule has 1 rings (SSSR count). The van der Waals surface area contributed by atoms with Crippen LogP contribution in [0, 0.1) is 11.3 Å². The lowest BCUT2D eigenvalue weighted by molar-refractivity contribution is 0.645. The molecule has 0 aliphatic rings. The highest BCUT2D eigenvalue weighted by Gasteiger charge is 2.13. The van der Waals surface area contributed by atoms with Gasteiger partial charge in [0.15, 0.2) is 0 Å². The topological polar surface area (TPSA) is 52.0 Å². The smallest absolute Gasteiger partial charge is 0.129 e. The summed E-state index contributed by atoms with van der Waals surface area (Å²) >= 11 is 0. The van der Waals surface area contributed by atoms with Gasteiger partial charge in [0.05, 0.1) is 12.5 Å². The van der Waals surface area contributed by atoms with Crippen molar-refractivity contribution < 1.29 is 0 Å². The van der Waals surface area contributed by atoms with Crippen LogP contribution in [0.2, 0.25) is 0 Å². The summed E-state index contributed by atoms with van der Waals surface area (Å²) in [7, 11) is 1.95. The number of aromatic nitrogens is 1. The quantitative estimate of drug-likeness (QED) is 0.838. The van der Waals surface area contributed by atoms with E-state index in [9.17, 15) is 0 Å². The Labute approximate surface area is 110 Å². The van der Waals surface area contributed by atoms with Crippen molar-refractivity contribution >= 4 is 5.82 Å². The van der Waals surface area contributed by atoms with Crippen molar-refractivity contribution in [2.24, 2.45) is 0 Å². The lowest BCUT2D eigenvalue weighted by Gasteiger charge is -2.27. The lowest BCUT2D eigenvalue weighted by atomic mass is 10.1. The Kier molecular flexibility index (Phi) is 5.60. The van der Waals surface area contributed by atoms with Gasteiger partial charge < -0.3 is 10.2 Å². The fraction of sp³-hybridized carbons (Fsp3) is 0.571. The van der Waals surface area contributed by atoms with E-state index in [2.05, 4.69) is 48.1 Å². The van der Waals surface area contributed by atoms with Crippen LogP contribution in [0.1, 0.15) is 38.8 Å². The summed E-state index contributed by atoms with van der Waals surface area (Å²) < 4.78 is 0. The maximum absolute atomic E-state index is 8.72. The summed E-state index contributed by atoms with van der Waals surface area (Å²) in [6.45, 7) is 7.08. The molecule has 1 unspecified atom stereocenters. The van der Waals surface area contributed by atoms with Crippen molar-refractivity contribution in [1.29, 1.82) is 5.26 Å². The number of hydrogen-bond acceptors (Lipinski definition) is 4. The molecule has 1 aromatic heterocycles. The third-order valence-electron chi connectivity index (χ3n) is 3.08. The van der Waals surface area contributed by atoms with Crippen molar-refractivity contribution in [3.63, 3.8) is 0 Å². The Morgan fingerprint density at radius 1 is 1.44 bits per heavy atom. The molecule has 0 spiro atoms. The summed E-state index contributed by atoms with van der Waals surface area (Å²) in [6, 6.07) is 6.95. The molecule has 1 heterocycles. The average molecular weight is 246 g/mol. The zero-order valence-corrected chi connectivity index (χ0v) is 11.6. The molecule has 0 fully saturated rings.